The summed E-state index contributed by atoms with van der Waals surface area (Å²) in [5.74, 6) is 0.477. The van der Waals surface area contributed by atoms with E-state index in [1.54, 1.807) is 36.2 Å². The van der Waals surface area contributed by atoms with Crippen LogP contribution in [-0.4, -0.2) is 44.7 Å². The molecule has 0 saturated carbocycles. The molecule has 2 N–H and O–H groups in total. The molecular weight excluding hydrogens is 370 g/mol. The van der Waals surface area contributed by atoms with Gasteiger partial charge in [-0.3, -0.25) is 9.59 Å². The monoisotopic (exact) mass is 397 g/mol. The first-order chi connectivity index (χ1) is 14.0. The van der Waals surface area contributed by atoms with Gasteiger partial charge in [0.2, 0.25) is 11.8 Å². The summed E-state index contributed by atoms with van der Waals surface area (Å²) in [7, 11) is 1.71. The van der Waals surface area contributed by atoms with E-state index < -0.39 is 0 Å². The molecule has 0 radical (unpaired) electrons. The zero-order chi connectivity index (χ0) is 20.6. The maximum absolute atomic E-state index is 12.3. The highest BCUT2D eigenvalue weighted by molar-refractivity contribution is 5.95. The highest BCUT2D eigenvalue weighted by Crippen LogP contribution is 2.25. The Kier molecular flexibility index (Phi) is 7.08. The summed E-state index contributed by atoms with van der Waals surface area (Å²) in [6.07, 6.45) is 2.22. The fraction of sp³-hybridized carbons (Fsp3) is 0.364. The summed E-state index contributed by atoms with van der Waals surface area (Å²) in [5.41, 5.74) is 2.20. The Bertz CT molecular complexity index is 832. The summed E-state index contributed by atoms with van der Waals surface area (Å²) in [6, 6.07) is 14.7. The van der Waals surface area contributed by atoms with Crippen LogP contribution >= 0.6 is 0 Å². The fourth-order valence-corrected chi connectivity index (χ4v) is 3.03. The number of rotatable bonds is 8. The minimum absolute atomic E-state index is 0.0497. The molecule has 0 spiro atoms. The smallest absolute Gasteiger partial charge is 0.243 e. The van der Waals surface area contributed by atoms with Gasteiger partial charge < -0.3 is 25.0 Å². The van der Waals surface area contributed by atoms with E-state index >= 15 is 0 Å². The topological polar surface area (TPSA) is 79.9 Å². The summed E-state index contributed by atoms with van der Waals surface area (Å²) in [5, 5.41) is 5.96. The van der Waals surface area contributed by atoms with Crippen LogP contribution in [-0.2, 0) is 14.3 Å². The average molecular weight is 397 g/mol. The van der Waals surface area contributed by atoms with Crippen LogP contribution in [0.1, 0.15) is 19.8 Å². The van der Waals surface area contributed by atoms with Crippen LogP contribution in [0.2, 0.25) is 0 Å². The molecule has 1 fully saturated rings. The van der Waals surface area contributed by atoms with Crippen molar-refractivity contribution in [3.05, 3.63) is 48.5 Å². The van der Waals surface area contributed by atoms with E-state index in [4.69, 9.17) is 9.47 Å². The Morgan fingerprint density at radius 1 is 1.17 bits per heavy atom. The van der Waals surface area contributed by atoms with Gasteiger partial charge in [0.1, 0.15) is 12.4 Å². The highest BCUT2D eigenvalue weighted by atomic mass is 16.5. The van der Waals surface area contributed by atoms with E-state index in [1.165, 1.54) is 6.92 Å². The van der Waals surface area contributed by atoms with Gasteiger partial charge >= 0.3 is 0 Å². The van der Waals surface area contributed by atoms with Gasteiger partial charge in [0.15, 0.2) is 0 Å². The molecule has 154 valence electrons. The lowest BCUT2D eigenvalue weighted by atomic mass is 10.2. The van der Waals surface area contributed by atoms with E-state index in [2.05, 4.69) is 10.6 Å². The summed E-state index contributed by atoms with van der Waals surface area (Å²) < 4.78 is 11.5. The molecule has 2 aromatic rings. The molecule has 0 aromatic heterocycles. The first kappa shape index (κ1) is 20.7. The zero-order valence-electron chi connectivity index (χ0n) is 16.8. The largest absolute Gasteiger partial charge is 0.489 e. The third-order valence-corrected chi connectivity index (χ3v) is 4.79. The first-order valence-electron chi connectivity index (χ1n) is 9.74. The third-order valence-electron chi connectivity index (χ3n) is 4.79. The van der Waals surface area contributed by atoms with Gasteiger partial charge in [-0.2, -0.15) is 0 Å². The van der Waals surface area contributed by atoms with Crippen molar-refractivity contribution in [1.82, 2.24) is 0 Å². The van der Waals surface area contributed by atoms with Crippen molar-refractivity contribution in [2.75, 3.05) is 42.3 Å². The predicted octanol–water partition coefficient (Wildman–Crippen LogP) is 3.28. The second-order valence-electron chi connectivity index (χ2n) is 6.97. The van der Waals surface area contributed by atoms with E-state index in [0.29, 0.717) is 18.0 Å². The van der Waals surface area contributed by atoms with Crippen molar-refractivity contribution in [3.63, 3.8) is 0 Å². The minimum atomic E-state index is -0.174. The molecule has 29 heavy (non-hydrogen) atoms. The molecule has 1 aliphatic rings. The van der Waals surface area contributed by atoms with Gasteiger partial charge in [-0.25, -0.2) is 0 Å². The van der Waals surface area contributed by atoms with E-state index in [1.807, 2.05) is 24.3 Å². The van der Waals surface area contributed by atoms with Crippen molar-refractivity contribution >= 4 is 28.9 Å². The maximum Gasteiger partial charge on any atom is 0.243 e. The highest BCUT2D eigenvalue weighted by Gasteiger charge is 2.17. The number of nitrogens with one attached hydrogen (secondary N) is 2. The lowest BCUT2D eigenvalue weighted by Gasteiger charge is -2.16. The molecule has 2 aromatic carbocycles. The lowest BCUT2D eigenvalue weighted by molar-refractivity contribution is -0.116. The van der Waals surface area contributed by atoms with Crippen molar-refractivity contribution in [3.8, 4) is 5.75 Å². The van der Waals surface area contributed by atoms with Gasteiger partial charge in [0.05, 0.1) is 18.3 Å². The van der Waals surface area contributed by atoms with Crippen molar-refractivity contribution in [2.24, 2.45) is 0 Å². The van der Waals surface area contributed by atoms with Crippen LogP contribution < -0.4 is 20.3 Å². The molecule has 1 heterocycles. The van der Waals surface area contributed by atoms with Crippen molar-refractivity contribution in [2.45, 2.75) is 25.9 Å². The molecular formula is C22H27N3O4. The quantitative estimate of drug-likeness (QED) is 0.715. The van der Waals surface area contributed by atoms with Gasteiger partial charge in [-0.05, 0) is 49.2 Å². The number of nitrogens with zero attached hydrogens (tertiary/aromatic N) is 1. The number of carbonyl (C=O) groups is 2. The fourth-order valence-electron chi connectivity index (χ4n) is 3.03. The second-order valence-corrected chi connectivity index (χ2v) is 6.97. The van der Waals surface area contributed by atoms with Gasteiger partial charge in [0.25, 0.3) is 0 Å². The number of hydrogen-bond acceptors (Lipinski definition) is 5. The molecule has 1 atom stereocenters. The number of amides is 2. The molecule has 1 aliphatic heterocycles. The normalized spacial score (nSPS) is 15.6. The Balaban J connectivity index is 1.51. The standard InChI is InChI=1S/C22H27N3O4/c1-16(26)25(2)18-11-9-17(10-12-18)24-22(27)14-23-20-7-3-4-8-21(20)29-15-19-6-5-13-28-19/h3-4,7-12,19,23H,5-6,13-15H2,1-2H3,(H,24,27). The van der Waals surface area contributed by atoms with Gasteiger partial charge in [-0.15, -0.1) is 0 Å². The van der Waals surface area contributed by atoms with Crippen LogP contribution in [0.4, 0.5) is 17.1 Å². The second kappa shape index (κ2) is 9.93. The molecule has 0 aliphatic carbocycles. The van der Waals surface area contributed by atoms with Crippen LogP contribution in [0.5, 0.6) is 5.75 Å². The van der Waals surface area contributed by atoms with Gasteiger partial charge in [0, 0.05) is 32.0 Å². The third kappa shape index (κ3) is 5.96. The first-order valence-corrected chi connectivity index (χ1v) is 9.74. The maximum atomic E-state index is 12.3. The number of anilines is 3. The number of ether oxygens (including phenoxy) is 2. The Labute approximate surface area is 171 Å². The molecule has 1 unspecified atom stereocenters. The summed E-state index contributed by atoms with van der Waals surface area (Å²) in [4.78, 5) is 25.2. The van der Waals surface area contributed by atoms with Crippen molar-refractivity contribution < 1.29 is 19.1 Å². The Hall–Kier alpha value is -3.06. The van der Waals surface area contributed by atoms with E-state index in [-0.39, 0.29) is 24.5 Å². The molecule has 7 heteroatoms. The van der Waals surface area contributed by atoms with E-state index in [0.717, 1.165) is 30.8 Å². The number of carbonyl (C=O) groups excluding carboxylic acids is 2. The van der Waals surface area contributed by atoms with Gasteiger partial charge in [-0.1, -0.05) is 12.1 Å². The van der Waals surface area contributed by atoms with Crippen molar-refractivity contribution in [1.29, 1.82) is 0 Å². The van der Waals surface area contributed by atoms with Crippen LogP contribution in [0.15, 0.2) is 48.5 Å². The lowest BCUT2D eigenvalue weighted by Crippen LogP contribution is -2.23. The molecule has 7 nitrogen and oxygen atoms in total. The van der Waals surface area contributed by atoms with E-state index in [9.17, 15) is 9.59 Å². The number of benzene rings is 2. The molecule has 1 saturated heterocycles. The number of para-hydroxylation sites is 2. The zero-order valence-corrected chi connectivity index (χ0v) is 16.8. The van der Waals surface area contributed by atoms with Crippen LogP contribution in [0.3, 0.4) is 0 Å². The van der Waals surface area contributed by atoms with Crippen LogP contribution in [0.25, 0.3) is 0 Å². The number of hydrogen-bond donors (Lipinski definition) is 2. The Morgan fingerprint density at radius 3 is 2.62 bits per heavy atom. The molecule has 3 rings (SSSR count). The molecule has 2 amide bonds. The Morgan fingerprint density at radius 2 is 1.93 bits per heavy atom. The SMILES string of the molecule is CC(=O)N(C)c1ccc(NC(=O)CNc2ccccc2OCC2CCCO2)cc1. The van der Waals surface area contributed by atoms with Crippen LogP contribution in [0, 0.1) is 0 Å². The average Bonchev–Trinajstić information content (AvgIpc) is 3.25. The predicted molar refractivity (Wildman–Crippen MR) is 114 cm³/mol. The summed E-state index contributed by atoms with van der Waals surface area (Å²) in [6.45, 7) is 2.91. The minimum Gasteiger partial charge on any atom is -0.489 e. The molecule has 0 bridgehead atoms. The summed E-state index contributed by atoms with van der Waals surface area (Å²) >= 11 is 0.